The van der Waals surface area contributed by atoms with Gasteiger partial charge in [-0.05, 0) is 38.5 Å². The van der Waals surface area contributed by atoms with Gasteiger partial charge in [-0.1, -0.05) is 231 Å². The summed E-state index contributed by atoms with van der Waals surface area (Å²) in [6.07, 6.45) is 45.2. The summed E-state index contributed by atoms with van der Waals surface area (Å²) in [5.74, 6) is -0.148. The van der Waals surface area contributed by atoms with Crippen molar-refractivity contribution in [2.45, 2.75) is 307 Å². The number of hydrogen-bond acceptors (Lipinski definition) is 8. The molecular formula is C53H103NO8. The zero-order valence-electron chi connectivity index (χ0n) is 40.6. The van der Waals surface area contributed by atoms with Gasteiger partial charge in [0.25, 0.3) is 0 Å². The molecule has 1 saturated heterocycles. The van der Waals surface area contributed by atoms with Crippen LogP contribution in [0.25, 0.3) is 0 Å². The van der Waals surface area contributed by atoms with Gasteiger partial charge in [0, 0.05) is 6.42 Å². The second-order valence-electron chi connectivity index (χ2n) is 19.0. The van der Waals surface area contributed by atoms with Crippen LogP contribution in [-0.2, 0) is 14.3 Å². The average Bonchev–Trinajstić information content (AvgIpc) is 3.27. The average molecular weight is 882 g/mol. The molecular weight excluding hydrogens is 779 g/mol. The molecule has 0 saturated carbocycles. The number of aliphatic hydroxyl groups excluding tert-OH is 5. The lowest BCUT2D eigenvalue weighted by molar-refractivity contribution is -0.302. The maximum atomic E-state index is 13.0. The number of allylic oxidation sites excluding steroid dienone is 2. The fraction of sp³-hybridized carbons (Fsp3) is 0.943. The molecule has 0 aromatic heterocycles. The smallest absolute Gasteiger partial charge is 0.220 e. The monoisotopic (exact) mass is 882 g/mol. The molecule has 368 valence electrons. The van der Waals surface area contributed by atoms with Crippen LogP contribution in [0, 0.1) is 0 Å². The van der Waals surface area contributed by atoms with Gasteiger partial charge < -0.3 is 40.3 Å². The van der Waals surface area contributed by atoms with Crippen molar-refractivity contribution in [3.8, 4) is 0 Å². The minimum absolute atomic E-state index is 0.145. The number of hydrogen-bond donors (Lipinski definition) is 6. The number of nitrogens with one attached hydrogen (secondary N) is 1. The van der Waals surface area contributed by atoms with Gasteiger partial charge in [-0.25, -0.2) is 0 Å². The summed E-state index contributed by atoms with van der Waals surface area (Å²) in [5, 5.41) is 54.5. The SMILES string of the molecule is CCCCCCCCCCCC/C=C/CCCC[C@@H](O)[C@H](CO[C@H]1O[C@@H](CO)[C@H](O)C(O)C1O)NC(=O)CCCCCCCCCCCCCCCCCCCCCCCCC. The molecule has 0 spiro atoms. The topological polar surface area (TPSA) is 149 Å². The third kappa shape index (κ3) is 33.4. The van der Waals surface area contributed by atoms with E-state index in [-0.39, 0.29) is 12.5 Å². The molecule has 1 rings (SSSR count). The van der Waals surface area contributed by atoms with E-state index in [0.717, 1.165) is 44.9 Å². The van der Waals surface area contributed by atoms with E-state index in [2.05, 4.69) is 31.3 Å². The molecule has 1 heterocycles. The molecule has 6 N–H and O–H groups in total. The Hall–Kier alpha value is -1.07. The zero-order chi connectivity index (χ0) is 45.1. The number of carbonyl (C=O) groups is 1. The van der Waals surface area contributed by atoms with Crippen LogP contribution in [0.5, 0.6) is 0 Å². The van der Waals surface area contributed by atoms with E-state index in [1.807, 2.05) is 0 Å². The minimum Gasteiger partial charge on any atom is -0.394 e. The van der Waals surface area contributed by atoms with E-state index in [1.165, 1.54) is 193 Å². The fourth-order valence-electron chi connectivity index (χ4n) is 8.80. The van der Waals surface area contributed by atoms with Crippen molar-refractivity contribution >= 4 is 5.91 Å². The number of unbranched alkanes of at least 4 members (excludes halogenated alkanes) is 34. The summed E-state index contributed by atoms with van der Waals surface area (Å²) in [6, 6.07) is -0.730. The molecule has 9 nitrogen and oxygen atoms in total. The molecule has 1 aliphatic rings. The van der Waals surface area contributed by atoms with Crippen molar-refractivity contribution in [2.75, 3.05) is 13.2 Å². The summed E-state index contributed by atoms with van der Waals surface area (Å²) in [6.45, 7) is 3.85. The first-order valence-electron chi connectivity index (χ1n) is 26.9. The lowest BCUT2D eigenvalue weighted by atomic mass is 9.99. The van der Waals surface area contributed by atoms with Gasteiger partial charge in [0.05, 0.1) is 25.4 Å². The van der Waals surface area contributed by atoms with E-state index in [1.54, 1.807) is 0 Å². The number of amides is 1. The summed E-state index contributed by atoms with van der Waals surface area (Å²) in [5.41, 5.74) is 0. The zero-order valence-corrected chi connectivity index (χ0v) is 40.6. The van der Waals surface area contributed by atoms with Crippen molar-refractivity contribution < 1.29 is 39.8 Å². The molecule has 7 atom stereocenters. The minimum atomic E-state index is -1.55. The third-order valence-corrected chi connectivity index (χ3v) is 13.1. The van der Waals surface area contributed by atoms with Crippen LogP contribution in [0.3, 0.4) is 0 Å². The highest BCUT2D eigenvalue weighted by molar-refractivity contribution is 5.76. The van der Waals surface area contributed by atoms with E-state index in [4.69, 9.17) is 9.47 Å². The predicted octanol–water partition coefficient (Wildman–Crippen LogP) is 12.5. The van der Waals surface area contributed by atoms with Crippen molar-refractivity contribution in [1.29, 1.82) is 0 Å². The van der Waals surface area contributed by atoms with E-state index in [9.17, 15) is 30.3 Å². The van der Waals surface area contributed by atoms with Gasteiger partial charge in [-0.3, -0.25) is 4.79 Å². The normalized spacial score (nSPS) is 20.3. The highest BCUT2D eigenvalue weighted by Gasteiger charge is 2.44. The molecule has 2 unspecified atom stereocenters. The molecule has 0 aromatic rings. The molecule has 0 bridgehead atoms. The Labute approximate surface area is 382 Å². The van der Waals surface area contributed by atoms with Gasteiger partial charge in [-0.15, -0.1) is 0 Å². The van der Waals surface area contributed by atoms with E-state index < -0.39 is 49.5 Å². The van der Waals surface area contributed by atoms with Crippen molar-refractivity contribution in [3.63, 3.8) is 0 Å². The molecule has 1 aliphatic heterocycles. The van der Waals surface area contributed by atoms with E-state index in [0.29, 0.717) is 12.8 Å². The molecule has 0 aromatic carbocycles. The van der Waals surface area contributed by atoms with Crippen molar-refractivity contribution in [3.05, 3.63) is 12.2 Å². The van der Waals surface area contributed by atoms with Gasteiger partial charge in [0.2, 0.25) is 5.91 Å². The Kier molecular flexibility index (Phi) is 41.6. The standard InChI is InChI=1S/C53H103NO8/c1-3-5-7-9-11-13-15-17-19-21-22-23-24-25-26-27-29-31-33-35-37-39-41-43-49(57)54-46(45-61-53-52(60)51(59)50(58)48(44-55)62-53)47(56)42-40-38-36-34-32-30-28-20-18-16-14-12-10-8-6-4-2/h32,34,46-48,50-53,55-56,58-60H,3-31,33,35-45H2,1-2H3,(H,54,57)/b34-32+/t46-,47+,48-,50-,51?,52?,53-/m0/s1. The number of aliphatic hydroxyl groups is 5. The highest BCUT2D eigenvalue weighted by atomic mass is 16.7. The number of ether oxygens (including phenoxy) is 2. The maximum Gasteiger partial charge on any atom is 0.220 e. The van der Waals surface area contributed by atoms with Gasteiger partial charge in [0.1, 0.15) is 24.4 Å². The third-order valence-electron chi connectivity index (χ3n) is 13.1. The van der Waals surface area contributed by atoms with Crippen LogP contribution >= 0.6 is 0 Å². The Balaban J connectivity index is 2.23. The van der Waals surface area contributed by atoms with Crippen LogP contribution in [0.4, 0.5) is 0 Å². The predicted molar refractivity (Wildman–Crippen MR) is 258 cm³/mol. The van der Waals surface area contributed by atoms with Crippen LogP contribution in [0.1, 0.15) is 264 Å². The summed E-state index contributed by atoms with van der Waals surface area (Å²) in [4.78, 5) is 13.0. The number of carbonyl (C=O) groups excluding carboxylic acids is 1. The van der Waals surface area contributed by atoms with Gasteiger partial charge in [-0.2, -0.15) is 0 Å². The Bertz CT molecular complexity index is 981. The second kappa shape index (κ2) is 43.8. The quantitative estimate of drug-likeness (QED) is 0.0261. The van der Waals surface area contributed by atoms with Crippen LogP contribution < -0.4 is 5.32 Å². The largest absolute Gasteiger partial charge is 0.394 e. The molecule has 1 fully saturated rings. The first-order valence-corrected chi connectivity index (χ1v) is 26.9. The summed E-state index contributed by atoms with van der Waals surface area (Å²) >= 11 is 0. The fourth-order valence-corrected chi connectivity index (χ4v) is 8.80. The van der Waals surface area contributed by atoms with Crippen molar-refractivity contribution in [1.82, 2.24) is 5.32 Å². The van der Waals surface area contributed by atoms with Crippen LogP contribution in [0.2, 0.25) is 0 Å². The van der Waals surface area contributed by atoms with Crippen LogP contribution in [0.15, 0.2) is 12.2 Å². The lowest BCUT2D eigenvalue weighted by Crippen LogP contribution is -2.60. The Morgan fingerprint density at radius 3 is 1.31 bits per heavy atom. The number of rotatable bonds is 46. The summed E-state index contributed by atoms with van der Waals surface area (Å²) in [7, 11) is 0. The van der Waals surface area contributed by atoms with Crippen LogP contribution in [-0.4, -0.2) is 87.5 Å². The molecule has 9 heteroatoms. The highest BCUT2D eigenvalue weighted by Crippen LogP contribution is 2.23. The van der Waals surface area contributed by atoms with Crippen molar-refractivity contribution in [2.24, 2.45) is 0 Å². The molecule has 62 heavy (non-hydrogen) atoms. The first kappa shape index (κ1) is 58.9. The summed E-state index contributed by atoms with van der Waals surface area (Å²) < 4.78 is 11.3. The molecule has 0 aliphatic carbocycles. The molecule has 1 amide bonds. The van der Waals surface area contributed by atoms with E-state index >= 15 is 0 Å². The lowest BCUT2D eigenvalue weighted by Gasteiger charge is -2.40. The Morgan fingerprint density at radius 1 is 0.532 bits per heavy atom. The van der Waals surface area contributed by atoms with Gasteiger partial charge in [0.15, 0.2) is 6.29 Å². The Morgan fingerprint density at radius 2 is 0.903 bits per heavy atom. The maximum absolute atomic E-state index is 13.0. The first-order chi connectivity index (χ1) is 30.3. The van der Waals surface area contributed by atoms with Gasteiger partial charge >= 0.3 is 0 Å². The second-order valence-corrected chi connectivity index (χ2v) is 19.0. The molecule has 0 radical (unpaired) electrons.